The molecule has 0 atom stereocenters. The summed E-state index contributed by atoms with van der Waals surface area (Å²) in [6.07, 6.45) is 0. The third-order valence-electron chi connectivity index (χ3n) is 3.77. The number of aromatic nitrogens is 1. The Bertz CT molecular complexity index is 852. The summed E-state index contributed by atoms with van der Waals surface area (Å²) in [6.45, 7) is 4.02. The summed E-state index contributed by atoms with van der Waals surface area (Å²) < 4.78 is 18.3. The fourth-order valence-corrected chi connectivity index (χ4v) is 2.41. The van der Waals surface area contributed by atoms with E-state index in [0.29, 0.717) is 23.6 Å². The number of hydrogen-bond donors (Lipinski definition) is 1. The molecule has 3 aromatic rings. The van der Waals surface area contributed by atoms with Crippen LogP contribution in [0.15, 0.2) is 53.1 Å². The molecular formula is C19H17FN2O2. The van der Waals surface area contributed by atoms with Crippen LogP contribution in [-0.4, -0.2) is 11.1 Å². The smallest absolute Gasteiger partial charge is 0.257 e. The Morgan fingerprint density at radius 2 is 1.75 bits per heavy atom. The van der Waals surface area contributed by atoms with Gasteiger partial charge in [-0.15, -0.1) is 0 Å². The van der Waals surface area contributed by atoms with Gasteiger partial charge in [0.1, 0.15) is 11.4 Å². The number of nitrogens with zero attached hydrogens (tertiary/aromatic N) is 1. The van der Waals surface area contributed by atoms with Gasteiger partial charge in [-0.2, -0.15) is 0 Å². The topological polar surface area (TPSA) is 55.1 Å². The van der Waals surface area contributed by atoms with Crippen LogP contribution in [0.2, 0.25) is 0 Å². The highest BCUT2D eigenvalue weighted by Crippen LogP contribution is 2.26. The molecule has 2 aromatic carbocycles. The first-order chi connectivity index (χ1) is 11.5. The molecule has 0 radical (unpaired) electrons. The van der Waals surface area contributed by atoms with E-state index < -0.39 is 0 Å². The second-order valence-electron chi connectivity index (χ2n) is 5.65. The second kappa shape index (κ2) is 6.66. The van der Waals surface area contributed by atoms with Gasteiger partial charge in [-0.1, -0.05) is 47.1 Å². The molecule has 0 aliphatic carbocycles. The van der Waals surface area contributed by atoms with Crippen molar-refractivity contribution in [1.29, 1.82) is 0 Å². The number of hydrogen-bond acceptors (Lipinski definition) is 3. The Morgan fingerprint density at radius 1 is 1.08 bits per heavy atom. The molecule has 0 fully saturated rings. The van der Waals surface area contributed by atoms with Gasteiger partial charge in [0.2, 0.25) is 0 Å². The number of amides is 1. The first kappa shape index (κ1) is 15.9. The monoisotopic (exact) mass is 324 g/mol. The lowest BCUT2D eigenvalue weighted by Crippen LogP contribution is -2.23. The number of halogens is 1. The maximum Gasteiger partial charge on any atom is 0.257 e. The van der Waals surface area contributed by atoms with E-state index in [9.17, 15) is 9.18 Å². The molecule has 0 bridgehead atoms. The minimum atomic E-state index is -0.304. The molecule has 0 aliphatic heterocycles. The highest BCUT2D eigenvalue weighted by atomic mass is 19.1. The Labute approximate surface area is 139 Å². The summed E-state index contributed by atoms with van der Waals surface area (Å²) in [5.41, 5.74) is 3.68. The first-order valence-electron chi connectivity index (χ1n) is 7.60. The highest BCUT2D eigenvalue weighted by Gasteiger charge is 2.21. The average Bonchev–Trinajstić information content (AvgIpc) is 2.96. The zero-order valence-corrected chi connectivity index (χ0v) is 13.5. The van der Waals surface area contributed by atoms with Gasteiger partial charge < -0.3 is 9.84 Å². The van der Waals surface area contributed by atoms with Crippen molar-refractivity contribution >= 4 is 5.91 Å². The van der Waals surface area contributed by atoms with Crippen molar-refractivity contribution in [2.24, 2.45) is 0 Å². The minimum absolute atomic E-state index is 0.270. The Hall–Kier alpha value is -2.95. The van der Waals surface area contributed by atoms with Crippen LogP contribution in [0, 0.1) is 19.7 Å². The maximum absolute atomic E-state index is 12.9. The number of aryl methyl sites for hydroxylation is 2. The van der Waals surface area contributed by atoms with E-state index in [-0.39, 0.29) is 11.7 Å². The molecule has 0 aliphatic rings. The van der Waals surface area contributed by atoms with Crippen LogP contribution >= 0.6 is 0 Å². The van der Waals surface area contributed by atoms with Crippen molar-refractivity contribution in [3.8, 4) is 11.3 Å². The number of benzene rings is 2. The van der Waals surface area contributed by atoms with Gasteiger partial charge in [0.15, 0.2) is 5.76 Å². The van der Waals surface area contributed by atoms with Gasteiger partial charge in [-0.25, -0.2) is 4.39 Å². The molecule has 1 amide bonds. The number of carbonyl (C=O) groups is 1. The van der Waals surface area contributed by atoms with E-state index >= 15 is 0 Å². The summed E-state index contributed by atoms with van der Waals surface area (Å²) in [4.78, 5) is 12.5. The molecule has 0 saturated heterocycles. The highest BCUT2D eigenvalue weighted by molar-refractivity contribution is 6.00. The largest absolute Gasteiger partial charge is 0.355 e. The summed E-state index contributed by atoms with van der Waals surface area (Å²) in [5.74, 6) is -0.126. The van der Waals surface area contributed by atoms with Crippen LogP contribution in [0.3, 0.4) is 0 Å². The van der Waals surface area contributed by atoms with E-state index in [0.717, 1.165) is 16.7 Å². The zero-order chi connectivity index (χ0) is 17.1. The number of nitrogens with one attached hydrogen (secondary N) is 1. The van der Waals surface area contributed by atoms with Gasteiger partial charge in [-0.05, 0) is 31.5 Å². The van der Waals surface area contributed by atoms with Crippen molar-refractivity contribution in [2.75, 3.05) is 0 Å². The molecule has 122 valence electrons. The summed E-state index contributed by atoms with van der Waals surface area (Å²) >= 11 is 0. The molecule has 0 unspecified atom stereocenters. The molecular weight excluding hydrogens is 307 g/mol. The fraction of sp³-hybridized carbons (Fsp3) is 0.158. The van der Waals surface area contributed by atoms with E-state index in [1.165, 1.54) is 12.1 Å². The Kier molecular flexibility index (Phi) is 4.42. The summed E-state index contributed by atoms with van der Waals surface area (Å²) in [7, 11) is 0. The lowest BCUT2D eigenvalue weighted by atomic mass is 10.0. The van der Waals surface area contributed by atoms with Gasteiger partial charge in [-0.3, -0.25) is 4.79 Å². The lowest BCUT2D eigenvalue weighted by Gasteiger charge is -2.06. The van der Waals surface area contributed by atoms with Gasteiger partial charge in [0.25, 0.3) is 5.91 Å². The molecule has 24 heavy (non-hydrogen) atoms. The van der Waals surface area contributed by atoms with Crippen LogP contribution in [0.1, 0.15) is 27.2 Å². The predicted octanol–water partition coefficient (Wildman–Crippen LogP) is 4.03. The van der Waals surface area contributed by atoms with Crippen molar-refractivity contribution in [3.63, 3.8) is 0 Å². The normalized spacial score (nSPS) is 10.6. The van der Waals surface area contributed by atoms with E-state index in [1.807, 2.05) is 31.2 Å². The fourth-order valence-electron chi connectivity index (χ4n) is 2.41. The van der Waals surface area contributed by atoms with Crippen molar-refractivity contribution in [3.05, 3.63) is 76.7 Å². The molecule has 1 N–H and O–H groups in total. The molecule has 1 aromatic heterocycles. The van der Waals surface area contributed by atoms with E-state index in [4.69, 9.17) is 4.52 Å². The number of carbonyl (C=O) groups excluding carboxylic acids is 1. The molecule has 3 rings (SSSR count). The Morgan fingerprint density at radius 3 is 2.42 bits per heavy atom. The predicted molar refractivity (Wildman–Crippen MR) is 89.0 cm³/mol. The van der Waals surface area contributed by atoms with Crippen LogP contribution in [0.5, 0.6) is 0 Å². The molecule has 0 spiro atoms. The lowest BCUT2D eigenvalue weighted by molar-refractivity contribution is 0.0950. The maximum atomic E-state index is 12.9. The quantitative estimate of drug-likeness (QED) is 0.788. The average molecular weight is 324 g/mol. The van der Waals surface area contributed by atoms with Gasteiger partial charge in [0.05, 0.1) is 5.69 Å². The summed E-state index contributed by atoms with van der Waals surface area (Å²) in [6, 6.07) is 13.7. The third-order valence-corrected chi connectivity index (χ3v) is 3.77. The second-order valence-corrected chi connectivity index (χ2v) is 5.65. The van der Waals surface area contributed by atoms with Crippen molar-refractivity contribution in [1.82, 2.24) is 10.5 Å². The van der Waals surface area contributed by atoms with Crippen LogP contribution in [0.4, 0.5) is 4.39 Å². The zero-order valence-electron chi connectivity index (χ0n) is 13.5. The SMILES string of the molecule is Cc1ccc(-c2onc(C)c2C(=O)NCc2ccc(F)cc2)cc1. The van der Waals surface area contributed by atoms with Crippen LogP contribution in [0.25, 0.3) is 11.3 Å². The summed E-state index contributed by atoms with van der Waals surface area (Å²) in [5, 5.41) is 6.74. The molecule has 1 heterocycles. The van der Waals surface area contributed by atoms with Gasteiger partial charge >= 0.3 is 0 Å². The van der Waals surface area contributed by atoms with Crippen molar-refractivity contribution < 1.29 is 13.7 Å². The van der Waals surface area contributed by atoms with Crippen LogP contribution in [-0.2, 0) is 6.54 Å². The number of rotatable bonds is 4. The van der Waals surface area contributed by atoms with Crippen LogP contribution < -0.4 is 5.32 Å². The first-order valence-corrected chi connectivity index (χ1v) is 7.60. The molecule has 0 saturated carbocycles. The van der Waals surface area contributed by atoms with Gasteiger partial charge in [0, 0.05) is 12.1 Å². The van der Waals surface area contributed by atoms with E-state index in [1.54, 1.807) is 19.1 Å². The van der Waals surface area contributed by atoms with Crippen molar-refractivity contribution in [2.45, 2.75) is 20.4 Å². The molecule has 5 heteroatoms. The minimum Gasteiger partial charge on any atom is -0.355 e. The van der Waals surface area contributed by atoms with E-state index in [2.05, 4.69) is 10.5 Å². The third kappa shape index (κ3) is 3.35. The standard InChI is InChI=1S/C19H17FN2O2/c1-12-3-7-15(8-4-12)18-17(13(2)22-24-18)19(23)21-11-14-5-9-16(20)10-6-14/h3-10H,11H2,1-2H3,(H,21,23). The Balaban J connectivity index is 1.81. The molecule has 4 nitrogen and oxygen atoms in total.